The number of ether oxygens (including phenoxy) is 2. The molecular formula is C24H35N5O2. The third-order valence-electron chi connectivity index (χ3n) is 5.62. The lowest BCUT2D eigenvalue weighted by Crippen LogP contribution is -2.36. The van der Waals surface area contributed by atoms with Gasteiger partial charge in [0, 0.05) is 44.0 Å². The van der Waals surface area contributed by atoms with Crippen molar-refractivity contribution < 1.29 is 9.47 Å². The number of anilines is 1. The van der Waals surface area contributed by atoms with Crippen molar-refractivity contribution in [3.63, 3.8) is 0 Å². The number of aliphatic imine (C=N–C) groups is 1. The molecule has 1 aromatic carbocycles. The van der Waals surface area contributed by atoms with Crippen LogP contribution < -0.4 is 25.0 Å². The minimum atomic E-state index is 0.569. The van der Waals surface area contributed by atoms with Gasteiger partial charge in [-0.2, -0.15) is 0 Å². The fraction of sp³-hybridized carbons (Fsp3) is 0.500. The minimum absolute atomic E-state index is 0.569. The summed E-state index contributed by atoms with van der Waals surface area (Å²) in [6, 6.07) is 10.1. The van der Waals surface area contributed by atoms with Crippen LogP contribution in [0.2, 0.25) is 0 Å². The van der Waals surface area contributed by atoms with Crippen molar-refractivity contribution in [1.29, 1.82) is 0 Å². The van der Waals surface area contributed by atoms with Gasteiger partial charge in [-0.25, -0.2) is 9.98 Å². The molecule has 0 atom stereocenters. The Bertz CT molecular complexity index is 846. The van der Waals surface area contributed by atoms with Crippen molar-refractivity contribution in [2.45, 2.75) is 39.8 Å². The van der Waals surface area contributed by atoms with E-state index in [-0.39, 0.29) is 0 Å². The molecule has 0 amide bonds. The SMILES string of the molecule is CCNC(=NCc1ccc(N2CCC(C)CC2)nc1)NCc1ccc(OC)cc1OC. The molecule has 0 unspecified atom stereocenters. The number of hydrogen-bond donors (Lipinski definition) is 2. The highest BCUT2D eigenvalue weighted by Crippen LogP contribution is 2.24. The van der Waals surface area contributed by atoms with E-state index in [1.54, 1.807) is 14.2 Å². The summed E-state index contributed by atoms with van der Waals surface area (Å²) in [7, 11) is 3.32. The molecule has 0 aliphatic carbocycles. The second kappa shape index (κ2) is 11.4. The van der Waals surface area contributed by atoms with Crippen LogP contribution in [0.3, 0.4) is 0 Å². The highest BCUT2D eigenvalue weighted by Gasteiger charge is 2.16. The first-order valence-corrected chi connectivity index (χ1v) is 11.1. The first-order valence-electron chi connectivity index (χ1n) is 11.1. The van der Waals surface area contributed by atoms with E-state index in [4.69, 9.17) is 14.5 Å². The van der Waals surface area contributed by atoms with Gasteiger partial charge in [0.1, 0.15) is 17.3 Å². The molecule has 1 aliphatic rings. The topological polar surface area (TPSA) is 71.0 Å². The number of nitrogens with one attached hydrogen (secondary N) is 2. The van der Waals surface area contributed by atoms with Gasteiger partial charge in [0.15, 0.2) is 5.96 Å². The van der Waals surface area contributed by atoms with Crippen molar-refractivity contribution in [2.75, 3.05) is 38.8 Å². The van der Waals surface area contributed by atoms with E-state index >= 15 is 0 Å². The summed E-state index contributed by atoms with van der Waals surface area (Å²) in [6.07, 6.45) is 4.42. The molecule has 0 bridgehead atoms. The van der Waals surface area contributed by atoms with Crippen LogP contribution in [0.4, 0.5) is 5.82 Å². The highest BCUT2D eigenvalue weighted by molar-refractivity contribution is 5.79. The second-order valence-corrected chi connectivity index (χ2v) is 7.92. The quantitative estimate of drug-likeness (QED) is 0.498. The minimum Gasteiger partial charge on any atom is -0.497 e. The molecule has 2 aromatic rings. The zero-order valence-electron chi connectivity index (χ0n) is 19.1. The Kier molecular flexibility index (Phi) is 8.38. The Labute approximate surface area is 185 Å². The monoisotopic (exact) mass is 425 g/mol. The number of aromatic nitrogens is 1. The number of hydrogen-bond acceptors (Lipinski definition) is 5. The van der Waals surface area contributed by atoms with E-state index in [0.29, 0.717) is 13.1 Å². The van der Waals surface area contributed by atoms with Gasteiger partial charge in [-0.05, 0) is 49.4 Å². The molecule has 1 saturated heterocycles. The largest absolute Gasteiger partial charge is 0.497 e. The normalized spacial score (nSPS) is 15.0. The van der Waals surface area contributed by atoms with Crippen molar-refractivity contribution in [1.82, 2.24) is 15.6 Å². The van der Waals surface area contributed by atoms with Gasteiger partial charge in [-0.3, -0.25) is 0 Å². The fourth-order valence-electron chi connectivity index (χ4n) is 3.62. The van der Waals surface area contributed by atoms with Crippen LogP contribution in [0.25, 0.3) is 0 Å². The van der Waals surface area contributed by atoms with Gasteiger partial charge >= 0.3 is 0 Å². The lowest BCUT2D eigenvalue weighted by Gasteiger charge is -2.31. The van der Waals surface area contributed by atoms with Crippen LogP contribution in [0.5, 0.6) is 11.5 Å². The molecule has 0 saturated carbocycles. The van der Waals surface area contributed by atoms with E-state index in [1.807, 2.05) is 24.4 Å². The second-order valence-electron chi connectivity index (χ2n) is 7.92. The number of methoxy groups -OCH3 is 2. The molecule has 2 N–H and O–H groups in total. The van der Waals surface area contributed by atoms with Crippen molar-refractivity contribution in [3.05, 3.63) is 47.7 Å². The van der Waals surface area contributed by atoms with E-state index in [0.717, 1.165) is 60.0 Å². The van der Waals surface area contributed by atoms with E-state index in [9.17, 15) is 0 Å². The molecule has 3 rings (SSSR count). The summed E-state index contributed by atoms with van der Waals surface area (Å²) in [5.41, 5.74) is 2.13. The third-order valence-corrected chi connectivity index (χ3v) is 5.62. The zero-order chi connectivity index (χ0) is 22.1. The zero-order valence-corrected chi connectivity index (χ0v) is 19.1. The van der Waals surface area contributed by atoms with Crippen molar-refractivity contribution in [3.8, 4) is 11.5 Å². The van der Waals surface area contributed by atoms with Crippen LogP contribution in [-0.4, -0.2) is 44.8 Å². The summed E-state index contributed by atoms with van der Waals surface area (Å²) in [6.45, 7) is 8.52. The first-order chi connectivity index (χ1) is 15.1. The molecule has 7 nitrogen and oxygen atoms in total. The summed E-state index contributed by atoms with van der Waals surface area (Å²) >= 11 is 0. The predicted molar refractivity (Wildman–Crippen MR) is 126 cm³/mol. The molecule has 0 spiro atoms. The fourth-order valence-corrected chi connectivity index (χ4v) is 3.62. The van der Waals surface area contributed by atoms with Crippen molar-refractivity contribution >= 4 is 11.8 Å². The third kappa shape index (κ3) is 6.51. The Morgan fingerprint density at radius 3 is 2.58 bits per heavy atom. The number of pyridine rings is 1. The van der Waals surface area contributed by atoms with Crippen LogP contribution in [-0.2, 0) is 13.1 Å². The smallest absolute Gasteiger partial charge is 0.191 e. The maximum absolute atomic E-state index is 5.48. The van der Waals surface area contributed by atoms with Gasteiger partial charge in [0.25, 0.3) is 0 Å². The molecule has 1 aromatic heterocycles. The number of guanidine groups is 1. The molecule has 1 fully saturated rings. The van der Waals surface area contributed by atoms with Crippen LogP contribution >= 0.6 is 0 Å². The summed E-state index contributed by atoms with van der Waals surface area (Å²) in [4.78, 5) is 11.8. The van der Waals surface area contributed by atoms with Crippen LogP contribution in [0.1, 0.15) is 37.8 Å². The molecular weight excluding hydrogens is 390 g/mol. The summed E-state index contributed by atoms with van der Waals surface area (Å²) < 4.78 is 10.8. The van der Waals surface area contributed by atoms with Gasteiger partial charge in [-0.15, -0.1) is 0 Å². The van der Waals surface area contributed by atoms with E-state index in [1.165, 1.54) is 12.8 Å². The molecule has 0 radical (unpaired) electrons. The first kappa shape index (κ1) is 22.7. The van der Waals surface area contributed by atoms with Crippen molar-refractivity contribution in [2.24, 2.45) is 10.9 Å². The summed E-state index contributed by atoms with van der Waals surface area (Å²) in [5, 5.41) is 6.67. The lowest BCUT2D eigenvalue weighted by molar-refractivity contribution is 0.390. The molecule has 7 heteroatoms. The molecule has 1 aliphatic heterocycles. The van der Waals surface area contributed by atoms with Crippen LogP contribution in [0.15, 0.2) is 41.5 Å². The lowest BCUT2D eigenvalue weighted by atomic mass is 9.99. The van der Waals surface area contributed by atoms with E-state index in [2.05, 4.69) is 46.5 Å². The number of piperidine rings is 1. The number of nitrogens with zero attached hydrogens (tertiary/aromatic N) is 3. The number of rotatable bonds is 8. The Morgan fingerprint density at radius 2 is 1.94 bits per heavy atom. The Morgan fingerprint density at radius 1 is 1.13 bits per heavy atom. The number of benzene rings is 1. The maximum atomic E-state index is 5.48. The average molecular weight is 426 g/mol. The van der Waals surface area contributed by atoms with Gasteiger partial charge < -0.3 is 25.0 Å². The average Bonchev–Trinajstić information content (AvgIpc) is 2.81. The standard InChI is InChI=1S/C24H35N5O2/c1-5-25-24(28-17-20-7-8-21(30-3)14-22(20)31-4)27-16-19-6-9-23(26-15-19)29-12-10-18(2)11-13-29/h6-9,14-15,18H,5,10-13,16-17H2,1-4H3,(H2,25,27,28). The van der Waals surface area contributed by atoms with Gasteiger partial charge in [0.05, 0.1) is 20.8 Å². The van der Waals surface area contributed by atoms with E-state index < -0.39 is 0 Å². The molecule has 31 heavy (non-hydrogen) atoms. The Balaban J connectivity index is 1.59. The molecule has 2 heterocycles. The predicted octanol–water partition coefficient (Wildman–Crippen LogP) is 3.59. The van der Waals surface area contributed by atoms with Gasteiger partial charge in [-0.1, -0.05) is 13.0 Å². The summed E-state index contributed by atoms with van der Waals surface area (Å²) in [5.74, 6) is 4.20. The highest BCUT2D eigenvalue weighted by atomic mass is 16.5. The maximum Gasteiger partial charge on any atom is 0.191 e. The molecule has 168 valence electrons. The van der Waals surface area contributed by atoms with Gasteiger partial charge in [0.2, 0.25) is 0 Å². The van der Waals surface area contributed by atoms with Crippen LogP contribution in [0, 0.1) is 5.92 Å². The Hall–Kier alpha value is -2.96.